The number of aliphatic hydroxyl groups is 1. The molecule has 1 aromatic heterocycles. The predicted molar refractivity (Wildman–Crippen MR) is 115 cm³/mol. The van der Waals surface area contributed by atoms with E-state index in [1.807, 2.05) is 38.1 Å². The third-order valence-electron chi connectivity index (χ3n) is 5.48. The average Bonchev–Trinajstić information content (AvgIpc) is 3.32. The highest BCUT2D eigenvalue weighted by molar-refractivity contribution is 6.10. The first kappa shape index (κ1) is 19.9. The monoisotopic (exact) mass is 401 g/mol. The molecule has 4 rings (SSSR count). The standard InChI is InChI=1S/C25H23NO4/c1-17-9-10-18(2)19(14-17)16-26-23-8-4-3-7-22(23)25(29,24(26)28)15-20(27)11-12-21-6-5-13-30-21/h3-14,29H,15-16H2,1-2H3/b12-11+/t25-/m1/s1. The van der Waals surface area contributed by atoms with Gasteiger partial charge in [-0.2, -0.15) is 0 Å². The van der Waals surface area contributed by atoms with Crippen LogP contribution in [0.1, 0.15) is 34.4 Å². The Balaban J connectivity index is 1.63. The molecule has 1 aliphatic rings. The number of carbonyl (C=O) groups excluding carboxylic acids is 2. The number of carbonyl (C=O) groups is 2. The molecule has 3 aromatic rings. The van der Waals surface area contributed by atoms with Crippen molar-refractivity contribution in [3.63, 3.8) is 0 Å². The summed E-state index contributed by atoms with van der Waals surface area (Å²) in [5, 5.41) is 11.3. The van der Waals surface area contributed by atoms with Crippen LogP contribution in [0, 0.1) is 13.8 Å². The minimum Gasteiger partial charge on any atom is -0.465 e. The maximum atomic E-state index is 13.3. The van der Waals surface area contributed by atoms with Crippen LogP contribution in [0.2, 0.25) is 0 Å². The van der Waals surface area contributed by atoms with Crippen LogP contribution < -0.4 is 4.90 Å². The topological polar surface area (TPSA) is 70.8 Å². The molecule has 5 heteroatoms. The fourth-order valence-electron chi connectivity index (χ4n) is 3.85. The van der Waals surface area contributed by atoms with E-state index in [4.69, 9.17) is 4.42 Å². The Morgan fingerprint density at radius 3 is 2.70 bits per heavy atom. The summed E-state index contributed by atoms with van der Waals surface area (Å²) in [6.45, 7) is 4.33. The number of aryl methyl sites for hydroxylation is 2. The SMILES string of the molecule is Cc1ccc(C)c(CN2C(=O)[C@@](O)(CC(=O)/C=C/c3ccco3)c3ccccc32)c1. The highest BCUT2D eigenvalue weighted by atomic mass is 16.3. The van der Waals surface area contributed by atoms with Crippen molar-refractivity contribution in [1.82, 2.24) is 0 Å². The molecule has 2 aromatic carbocycles. The third kappa shape index (κ3) is 3.60. The van der Waals surface area contributed by atoms with Gasteiger partial charge in [0.25, 0.3) is 5.91 Å². The number of hydrogen-bond acceptors (Lipinski definition) is 4. The van der Waals surface area contributed by atoms with Gasteiger partial charge in [-0.25, -0.2) is 0 Å². The lowest BCUT2D eigenvalue weighted by molar-refractivity contribution is -0.140. The van der Waals surface area contributed by atoms with E-state index >= 15 is 0 Å². The van der Waals surface area contributed by atoms with E-state index in [-0.39, 0.29) is 12.2 Å². The molecular formula is C25H23NO4. The number of anilines is 1. The van der Waals surface area contributed by atoms with Gasteiger partial charge in [-0.15, -0.1) is 0 Å². The number of para-hydroxylation sites is 1. The number of ketones is 1. The molecule has 1 amide bonds. The van der Waals surface area contributed by atoms with Crippen molar-refractivity contribution in [2.24, 2.45) is 0 Å². The van der Waals surface area contributed by atoms with Crippen LogP contribution in [0.5, 0.6) is 0 Å². The molecule has 1 atom stereocenters. The summed E-state index contributed by atoms with van der Waals surface area (Å²) < 4.78 is 5.18. The fraction of sp³-hybridized carbons (Fsp3) is 0.200. The summed E-state index contributed by atoms with van der Waals surface area (Å²) in [5.74, 6) is -0.306. The van der Waals surface area contributed by atoms with Crippen molar-refractivity contribution in [3.8, 4) is 0 Å². The molecule has 0 spiro atoms. The highest BCUT2D eigenvalue weighted by Crippen LogP contribution is 2.43. The lowest BCUT2D eigenvalue weighted by Crippen LogP contribution is -2.41. The van der Waals surface area contributed by atoms with Gasteiger partial charge in [0.15, 0.2) is 11.4 Å². The molecule has 30 heavy (non-hydrogen) atoms. The summed E-state index contributed by atoms with van der Waals surface area (Å²) in [6.07, 6.45) is 4.05. The van der Waals surface area contributed by atoms with E-state index in [9.17, 15) is 14.7 Å². The van der Waals surface area contributed by atoms with Crippen LogP contribution in [-0.2, 0) is 21.7 Å². The normalized spacial score (nSPS) is 18.2. The van der Waals surface area contributed by atoms with E-state index < -0.39 is 11.5 Å². The number of furan rings is 1. The number of allylic oxidation sites excluding steroid dienone is 1. The number of benzene rings is 2. The third-order valence-corrected chi connectivity index (χ3v) is 5.48. The van der Waals surface area contributed by atoms with Crippen LogP contribution in [-0.4, -0.2) is 16.8 Å². The fourth-order valence-corrected chi connectivity index (χ4v) is 3.85. The summed E-state index contributed by atoms with van der Waals surface area (Å²) in [7, 11) is 0. The van der Waals surface area contributed by atoms with Gasteiger partial charge in [-0.1, -0.05) is 42.0 Å². The molecule has 1 aliphatic heterocycles. The van der Waals surface area contributed by atoms with Crippen molar-refractivity contribution in [3.05, 3.63) is 95.0 Å². The van der Waals surface area contributed by atoms with E-state index in [1.165, 1.54) is 18.4 Å². The Bertz CT molecular complexity index is 1130. The first-order chi connectivity index (χ1) is 14.4. The second-order valence-electron chi connectivity index (χ2n) is 7.69. The molecule has 2 heterocycles. The van der Waals surface area contributed by atoms with Gasteiger partial charge in [0, 0.05) is 5.56 Å². The second kappa shape index (κ2) is 7.76. The Kier molecular flexibility index (Phi) is 5.14. The van der Waals surface area contributed by atoms with Crippen LogP contribution in [0.15, 0.2) is 71.4 Å². The van der Waals surface area contributed by atoms with Crippen LogP contribution >= 0.6 is 0 Å². The first-order valence-electron chi connectivity index (χ1n) is 9.83. The molecule has 1 N–H and O–H groups in total. The van der Waals surface area contributed by atoms with E-state index in [2.05, 4.69) is 0 Å². The lowest BCUT2D eigenvalue weighted by Gasteiger charge is -2.23. The maximum Gasteiger partial charge on any atom is 0.264 e. The summed E-state index contributed by atoms with van der Waals surface area (Å²) in [4.78, 5) is 27.5. The molecular weight excluding hydrogens is 378 g/mol. The number of hydrogen-bond donors (Lipinski definition) is 1. The zero-order chi connectivity index (χ0) is 21.3. The minimum atomic E-state index is -1.89. The molecule has 0 unspecified atom stereocenters. The Morgan fingerprint density at radius 2 is 1.93 bits per heavy atom. The average molecular weight is 401 g/mol. The molecule has 0 aliphatic carbocycles. The van der Waals surface area contributed by atoms with Crippen LogP contribution in [0.3, 0.4) is 0 Å². The van der Waals surface area contributed by atoms with Crippen LogP contribution in [0.4, 0.5) is 5.69 Å². The Labute approximate surface area is 175 Å². The van der Waals surface area contributed by atoms with Crippen molar-refractivity contribution >= 4 is 23.5 Å². The number of fused-ring (bicyclic) bond motifs is 1. The molecule has 152 valence electrons. The molecule has 0 bridgehead atoms. The van der Waals surface area contributed by atoms with E-state index in [0.29, 0.717) is 23.6 Å². The minimum absolute atomic E-state index is 0.330. The highest BCUT2D eigenvalue weighted by Gasteiger charge is 2.50. The molecule has 0 radical (unpaired) electrons. The molecule has 0 fully saturated rings. The smallest absolute Gasteiger partial charge is 0.264 e. The lowest BCUT2D eigenvalue weighted by atomic mass is 9.90. The summed E-state index contributed by atoms with van der Waals surface area (Å²) >= 11 is 0. The zero-order valence-electron chi connectivity index (χ0n) is 17.0. The van der Waals surface area contributed by atoms with Crippen molar-refractivity contribution < 1.29 is 19.1 Å². The van der Waals surface area contributed by atoms with E-state index in [1.54, 1.807) is 35.2 Å². The van der Waals surface area contributed by atoms with Gasteiger partial charge in [0.05, 0.1) is 24.9 Å². The van der Waals surface area contributed by atoms with E-state index in [0.717, 1.165) is 16.7 Å². The molecule has 0 saturated carbocycles. The number of nitrogens with zero attached hydrogens (tertiary/aromatic N) is 1. The van der Waals surface area contributed by atoms with Gasteiger partial charge in [0.1, 0.15) is 5.76 Å². The van der Waals surface area contributed by atoms with Gasteiger partial charge >= 0.3 is 0 Å². The van der Waals surface area contributed by atoms with Crippen molar-refractivity contribution in [1.29, 1.82) is 0 Å². The van der Waals surface area contributed by atoms with Gasteiger partial charge in [0.2, 0.25) is 0 Å². The molecule has 5 nitrogen and oxygen atoms in total. The first-order valence-corrected chi connectivity index (χ1v) is 9.83. The van der Waals surface area contributed by atoms with Crippen LogP contribution in [0.25, 0.3) is 6.08 Å². The Hall–Kier alpha value is -3.44. The Morgan fingerprint density at radius 1 is 1.13 bits per heavy atom. The largest absolute Gasteiger partial charge is 0.465 e. The van der Waals surface area contributed by atoms with Gasteiger partial charge in [-0.05, 0) is 55.3 Å². The maximum absolute atomic E-state index is 13.3. The number of amides is 1. The summed E-state index contributed by atoms with van der Waals surface area (Å²) in [6, 6.07) is 16.6. The second-order valence-corrected chi connectivity index (χ2v) is 7.69. The zero-order valence-corrected chi connectivity index (χ0v) is 17.0. The van der Waals surface area contributed by atoms with Gasteiger partial charge in [-0.3, -0.25) is 9.59 Å². The summed E-state index contributed by atoms with van der Waals surface area (Å²) in [5.41, 5.74) is 2.38. The molecule has 0 saturated heterocycles. The predicted octanol–water partition coefficient (Wildman–Crippen LogP) is 4.30. The van der Waals surface area contributed by atoms with Crippen molar-refractivity contribution in [2.75, 3.05) is 4.90 Å². The number of rotatable bonds is 6. The van der Waals surface area contributed by atoms with Gasteiger partial charge < -0.3 is 14.4 Å². The van der Waals surface area contributed by atoms with Crippen molar-refractivity contribution in [2.45, 2.75) is 32.4 Å². The quantitative estimate of drug-likeness (QED) is 0.625.